The number of H-pyrrole nitrogens is 1. The molecular weight excluding hydrogens is 366 g/mol. The summed E-state index contributed by atoms with van der Waals surface area (Å²) in [5, 5.41) is 7.07. The van der Waals surface area contributed by atoms with E-state index < -0.39 is 0 Å². The number of hydrogen-bond donors (Lipinski definition) is 2. The van der Waals surface area contributed by atoms with E-state index in [1.54, 1.807) is 0 Å². The molecule has 7 heteroatoms. The summed E-state index contributed by atoms with van der Waals surface area (Å²) in [4.78, 5) is 24.9. The summed E-state index contributed by atoms with van der Waals surface area (Å²) in [7, 11) is 0. The van der Waals surface area contributed by atoms with Gasteiger partial charge in [-0.2, -0.15) is 4.98 Å². The molecule has 1 amide bonds. The van der Waals surface area contributed by atoms with E-state index in [2.05, 4.69) is 39.3 Å². The van der Waals surface area contributed by atoms with Gasteiger partial charge in [0.25, 0.3) is 0 Å². The molecule has 4 aromatic rings. The minimum Gasteiger partial charge on any atom is -0.346 e. The number of aryl methyl sites for hydroxylation is 1. The van der Waals surface area contributed by atoms with E-state index in [1.807, 2.05) is 54.6 Å². The van der Waals surface area contributed by atoms with E-state index in [9.17, 15) is 4.79 Å². The molecule has 0 fully saturated rings. The van der Waals surface area contributed by atoms with Gasteiger partial charge in [-0.25, -0.2) is 4.98 Å². The average Bonchev–Trinajstić information content (AvgIpc) is 3.38. The number of hydrogen-bond acceptors (Lipinski definition) is 5. The van der Waals surface area contributed by atoms with Crippen LogP contribution in [0.1, 0.15) is 38.0 Å². The fraction of sp³-hybridized carbons (Fsp3) is 0.273. The highest BCUT2D eigenvalue weighted by Crippen LogP contribution is 2.22. The van der Waals surface area contributed by atoms with Crippen molar-refractivity contribution in [3.8, 4) is 11.4 Å². The van der Waals surface area contributed by atoms with Crippen molar-refractivity contribution in [2.24, 2.45) is 5.92 Å². The van der Waals surface area contributed by atoms with E-state index in [-0.39, 0.29) is 24.3 Å². The molecule has 7 nitrogen and oxygen atoms in total. The van der Waals surface area contributed by atoms with Crippen LogP contribution in [0.4, 0.5) is 0 Å². The highest BCUT2D eigenvalue weighted by molar-refractivity contribution is 5.77. The molecule has 0 saturated carbocycles. The first-order valence-electron chi connectivity index (χ1n) is 9.72. The second-order valence-corrected chi connectivity index (χ2v) is 7.31. The fourth-order valence-electron chi connectivity index (χ4n) is 3.20. The Kier molecular flexibility index (Phi) is 5.37. The molecule has 0 bridgehead atoms. The van der Waals surface area contributed by atoms with Crippen molar-refractivity contribution in [1.82, 2.24) is 25.4 Å². The molecule has 0 aliphatic carbocycles. The lowest BCUT2D eigenvalue weighted by Gasteiger charge is -2.20. The third-order valence-electron chi connectivity index (χ3n) is 4.75. The van der Waals surface area contributed by atoms with Gasteiger partial charge in [0, 0.05) is 18.4 Å². The Morgan fingerprint density at radius 3 is 2.59 bits per heavy atom. The molecule has 1 atom stereocenters. The number of aromatic nitrogens is 4. The second kappa shape index (κ2) is 8.26. The summed E-state index contributed by atoms with van der Waals surface area (Å²) in [6.45, 7) is 4.12. The molecule has 4 rings (SSSR count). The lowest BCUT2D eigenvalue weighted by molar-refractivity contribution is -0.122. The molecule has 29 heavy (non-hydrogen) atoms. The quantitative estimate of drug-likeness (QED) is 0.497. The van der Waals surface area contributed by atoms with E-state index in [0.29, 0.717) is 18.1 Å². The number of imidazole rings is 1. The number of carbonyl (C=O) groups excluding carboxylic acids is 1. The molecule has 148 valence electrons. The van der Waals surface area contributed by atoms with Crippen LogP contribution >= 0.6 is 0 Å². The van der Waals surface area contributed by atoms with Crippen LogP contribution in [0.15, 0.2) is 59.1 Å². The molecule has 0 aliphatic rings. The van der Waals surface area contributed by atoms with Gasteiger partial charge in [0.2, 0.25) is 17.6 Å². The maximum atomic E-state index is 12.6. The third-order valence-corrected chi connectivity index (χ3v) is 4.75. The second-order valence-electron chi connectivity index (χ2n) is 7.31. The van der Waals surface area contributed by atoms with E-state index in [0.717, 1.165) is 22.4 Å². The van der Waals surface area contributed by atoms with Gasteiger partial charge in [0.05, 0.1) is 17.1 Å². The molecule has 1 unspecified atom stereocenters. The predicted molar refractivity (Wildman–Crippen MR) is 110 cm³/mol. The zero-order valence-corrected chi connectivity index (χ0v) is 16.4. The SMILES string of the molecule is CC(C)C(NC(=O)CCc1nc(-c2ccccc2)no1)c1nc2ccccc2[nH]1. The highest BCUT2D eigenvalue weighted by Gasteiger charge is 2.22. The number of nitrogens with one attached hydrogen (secondary N) is 2. The van der Waals surface area contributed by atoms with Crippen molar-refractivity contribution >= 4 is 16.9 Å². The summed E-state index contributed by atoms with van der Waals surface area (Å²) < 4.78 is 5.29. The molecule has 0 aliphatic heterocycles. The van der Waals surface area contributed by atoms with Gasteiger partial charge in [-0.15, -0.1) is 0 Å². The van der Waals surface area contributed by atoms with Crippen molar-refractivity contribution in [1.29, 1.82) is 0 Å². The first kappa shape index (κ1) is 18.9. The average molecular weight is 389 g/mol. The van der Waals surface area contributed by atoms with E-state index in [4.69, 9.17) is 4.52 Å². The Labute approximate surface area is 168 Å². The van der Waals surface area contributed by atoms with Crippen molar-refractivity contribution in [3.05, 3.63) is 66.3 Å². The van der Waals surface area contributed by atoms with Crippen molar-refractivity contribution < 1.29 is 9.32 Å². The molecular formula is C22H23N5O2. The first-order valence-corrected chi connectivity index (χ1v) is 9.72. The van der Waals surface area contributed by atoms with Gasteiger partial charge < -0.3 is 14.8 Å². The van der Waals surface area contributed by atoms with Gasteiger partial charge in [0.1, 0.15) is 5.82 Å². The molecule has 0 radical (unpaired) electrons. The van der Waals surface area contributed by atoms with Crippen LogP contribution in [0.2, 0.25) is 0 Å². The summed E-state index contributed by atoms with van der Waals surface area (Å²) in [6, 6.07) is 17.3. The zero-order chi connectivity index (χ0) is 20.2. The topological polar surface area (TPSA) is 96.7 Å². The van der Waals surface area contributed by atoms with Crippen molar-refractivity contribution in [2.45, 2.75) is 32.7 Å². The summed E-state index contributed by atoms with van der Waals surface area (Å²) in [5.41, 5.74) is 2.74. The monoisotopic (exact) mass is 389 g/mol. The zero-order valence-electron chi connectivity index (χ0n) is 16.4. The lowest BCUT2D eigenvalue weighted by atomic mass is 10.0. The number of carbonyl (C=O) groups is 1. The van der Waals surface area contributed by atoms with Gasteiger partial charge in [-0.1, -0.05) is 61.5 Å². The first-order chi connectivity index (χ1) is 14.1. The van der Waals surface area contributed by atoms with Gasteiger partial charge >= 0.3 is 0 Å². The lowest BCUT2D eigenvalue weighted by Crippen LogP contribution is -2.32. The number of nitrogens with zero attached hydrogens (tertiary/aromatic N) is 3. The maximum absolute atomic E-state index is 12.6. The third kappa shape index (κ3) is 4.34. The van der Waals surface area contributed by atoms with Crippen molar-refractivity contribution in [2.75, 3.05) is 0 Å². The van der Waals surface area contributed by atoms with Gasteiger partial charge in [-0.3, -0.25) is 4.79 Å². The minimum absolute atomic E-state index is 0.0800. The number of para-hydroxylation sites is 2. The van der Waals surface area contributed by atoms with E-state index in [1.165, 1.54) is 0 Å². The standard InChI is InChI=1S/C22H23N5O2/c1-14(2)20(22-23-16-10-6-7-11-17(16)24-22)25-18(28)12-13-19-26-21(27-29-19)15-8-4-3-5-9-15/h3-11,14,20H,12-13H2,1-2H3,(H,23,24)(H,25,28). The number of rotatable bonds is 7. The normalized spacial score (nSPS) is 12.4. The van der Waals surface area contributed by atoms with E-state index >= 15 is 0 Å². The number of fused-ring (bicyclic) bond motifs is 1. The summed E-state index contributed by atoms with van der Waals surface area (Å²) >= 11 is 0. The Bertz CT molecular complexity index is 1070. The largest absolute Gasteiger partial charge is 0.346 e. The van der Waals surface area contributed by atoms with Gasteiger partial charge in [0.15, 0.2) is 0 Å². The molecule has 0 spiro atoms. The van der Waals surface area contributed by atoms with Crippen LogP contribution in [-0.4, -0.2) is 26.0 Å². The highest BCUT2D eigenvalue weighted by atomic mass is 16.5. The molecule has 2 aromatic carbocycles. The van der Waals surface area contributed by atoms with Crippen LogP contribution in [-0.2, 0) is 11.2 Å². The van der Waals surface area contributed by atoms with Crippen LogP contribution in [0.25, 0.3) is 22.4 Å². The Hall–Kier alpha value is -3.48. The summed E-state index contributed by atoms with van der Waals surface area (Å²) in [6.07, 6.45) is 0.649. The van der Waals surface area contributed by atoms with Crippen LogP contribution < -0.4 is 5.32 Å². The number of amides is 1. The Morgan fingerprint density at radius 1 is 1.07 bits per heavy atom. The van der Waals surface area contributed by atoms with Crippen LogP contribution in [0, 0.1) is 5.92 Å². The number of benzene rings is 2. The van der Waals surface area contributed by atoms with Crippen molar-refractivity contribution in [3.63, 3.8) is 0 Å². The molecule has 2 N–H and O–H groups in total. The molecule has 2 aromatic heterocycles. The molecule has 2 heterocycles. The maximum Gasteiger partial charge on any atom is 0.227 e. The fourth-order valence-corrected chi connectivity index (χ4v) is 3.20. The van der Waals surface area contributed by atoms with Gasteiger partial charge in [-0.05, 0) is 18.1 Å². The van der Waals surface area contributed by atoms with Crippen LogP contribution in [0.5, 0.6) is 0 Å². The smallest absolute Gasteiger partial charge is 0.227 e. The summed E-state index contributed by atoms with van der Waals surface area (Å²) in [5.74, 6) is 1.85. The molecule has 0 saturated heterocycles. The van der Waals surface area contributed by atoms with Crippen LogP contribution in [0.3, 0.4) is 0 Å². The Balaban J connectivity index is 1.39. The Morgan fingerprint density at radius 2 is 1.83 bits per heavy atom. The number of aromatic amines is 1. The minimum atomic E-state index is -0.197. The predicted octanol–water partition coefficient (Wildman–Crippen LogP) is 4.06.